The molecular weight excluding hydrogens is 356 g/mol. The predicted molar refractivity (Wildman–Crippen MR) is 87.9 cm³/mol. The van der Waals surface area contributed by atoms with Gasteiger partial charge in [-0.25, -0.2) is 13.4 Å². The van der Waals surface area contributed by atoms with Gasteiger partial charge in [0.05, 0.1) is 5.69 Å². The Morgan fingerprint density at radius 1 is 1.29 bits per heavy atom. The molecule has 3 N–H and O–H groups in total. The van der Waals surface area contributed by atoms with E-state index in [9.17, 15) is 8.42 Å². The summed E-state index contributed by atoms with van der Waals surface area (Å²) in [5.41, 5.74) is 6.99. The van der Waals surface area contributed by atoms with Crippen LogP contribution in [0.2, 0.25) is 0 Å². The number of nitrogens with zero attached hydrogens (tertiary/aromatic N) is 2. The molecule has 0 saturated heterocycles. The molecule has 6 nitrogen and oxygen atoms in total. The van der Waals surface area contributed by atoms with Crippen molar-refractivity contribution in [1.82, 2.24) is 4.98 Å². The van der Waals surface area contributed by atoms with Gasteiger partial charge in [-0.15, -0.1) is 0 Å². The second-order valence-electron chi connectivity index (χ2n) is 4.59. The molecule has 0 fully saturated rings. The van der Waals surface area contributed by atoms with Crippen molar-refractivity contribution >= 4 is 43.1 Å². The minimum Gasteiger partial charge on any atom is -0.383 e. The van der Waals surface area contributed by atoms with E-state index in [0.29, 0.717) is 10.2 Å². The number of hydrogen-bond donors (Lipinski definition) is 2. The van der Waals surface area contributed by atoms with Crippen LogP contribution in [0.3, 0.4) is 0 Å². The number of benzene rings is 1. The first kappa shape index (κ1) is 15.6. The molecule has 1 heterocycles. The molecule has 0 unspecified atom stereocenters. The van der Waals surface area contributed by atoms with E-state index in [1.807, 2.05) is 25.1 Å². The summed E-state index contributed by atoms with van der Waals surface area (Å²) in [7, 11) is -0.0374. The van der Waals surface area contributed by atoms with Gasteiger partial charge in [0.2, 0.25) is 0 Å². The van der Waals surface area contributed by atoms with Gasteiger partial charge in [0.25, 0.3) is 10.0 Å². The second kappa shape index (κ2) is 5.90. The number of nitrogens with two attached hydrogens (primary N) is 1. The van der Waals surface area contributed by atoms with Gasteiger partial charge in [-0.05, 0) is 40.2 Å². The van der Waals surface area contributed by atoms with Gasteiger partial charge >= 0.3 is 0 Å². The Morgan fingerprint density at radius 3 is 2.67 bits per heavy atom. The first-order valence-corrected chi connectivity index (χ1v) is 8.28. The van der Waals surface area contributed by atoms with Crippen LogP contribution in [0, 0.1) is 0 Å². The van der Waals surface area contributed by atoms with Crippen molar-refractivity contribution in [2.75, 3.05) is 29.5 Å². The normalized spacial score (nSPS) is 11.2. The average molecular weight is 371 g/mol. The first-order chi connectivity index (χ1) is 9.79. The largest absolute Gasteiger partial charge is 0.383 e. The zero-order chi connectivity index (χ0) is 15.6. The van der Waals surface area contributed by atoms with Gasteiger partial charge in [-0.2, -0.15) is 0 Å². The van der Waals surface area contributed by atoms with E-state index < -0.39 is 10.0 Å². The highest BCUT2D eigenvalue weighted by Gasteiger charge is 2.19. The van der Waals surface area contributed by atoms with Crippen molar-refractivity contribution in [2.45, 2.75) is 4.90 Å². The van der Waals surface area contributed by atoms with Crippen molar-refractivity contribution in [3.8, 4) is 0 Å². The molecular formula is C13H15BrN4O2S. The standard InChI is InChI=1S/C13H15BrN4O2S/c1-18(2)11-5-3-4-10(7-11)17-21(19,20)12-6-9(14)8-16-13(12)15/h3-8,17H,1-2H3,(H2,15,16). The fourth-order valence-corrected chi connectivity index (χ4v) is 3.34. The maximum Gasteiger partial charge on any atom is 0.265 e. The topological polar surface area (TPSA) is 88.3 Å². The summed E-state index contributed by atoms with van der Waals surface area (Å²) >= 11 is 3.19. The lowest BCUT2D eigenvalue weighted by Gasteiger charge is -2.15. The van der Waals surface area contributed by atoms with E-state index in [4.69, 9.17) is 5.73 Å². The predicted octanol–water partition coefficient (Wildman–Crippen LogP) is 2.29. The lowest BCUT2D eigenvalue weighted by Crippen LogP contribution is -2.16. The number of nitrogens with one attached hydrogen (secondary N) is 1. The van der Waals surface area contributed by atoms with Gasteiger partial charge in [-0.1, -0.05) is 6.07 Å². The first-order valence-electron chi connectivity index (χ1n) is 6.01. The summed E-state index contributed by atoms with van der Waals surface area (Å²) in [4.78, 5) is 5.65. The second-order valence-corrected chi connectivity index (χ2v) is 7.15. The monoisotopic (exact) mass is 370 g/mol. The fourth-order valence-electron chi connectivity index (χ4n) is 1.70. The molecule has 0 spiro atoms. The number of anilines is 3. The molecule has 0 atom stereocenters. The van der Waals surface area contributed by atoms with Crippen LogP contribution in [-0.2, 0) is 10.0 Å². The Balaban J connectivity index is 2.37. The zero-order valence-electron chi connectivity index (χ0n) is 11.5. The molecule has 0 amide bonds. The molecule has 2 rings (SSSR count). The van der Waals surface area contributed by atoms with Crippen LogP contribution in [0.5, 0.6) is 0 Å². The van der Waals surface area contributed by atoms with Crippen LogP contribution in [0.1, 0.15) is 0 Å². The van der Waals surface area contributed by atoms with Crippen LogP contribution >= 0.6 is 15.9 Å². The lowest BCUT2D eigenvalue weighted by molar-refractivity contribution is 0.601. The minimum atomic E-state index is -3.79. The molecule has 0 aliphatic heterocycles. The molecule has 21 heavy (non-hydrogen) atoms. The van der Waals surface area contributed by atoms with Crippen molar-refractivity contribution in [3.05, 3.63) is 41.0 Å². The Labute approximate surface area is 132 Å². The summed E-state index contributed by atoms with van der Waals surface area (Å²) in [6.45, 7) is 0. The SMILES string of the molecule is CN(C)c1cccc(NS(=O)(=O)c2cc(Br)cnc2N)c1. The van der Waals surface area contributed by atoms with E-state index in [0.717, 1.165) is 5.69 Å². The van der Waals surface area contributed by atoms with E-state index in [-0.39, 0.29) is 10.7 Å². The van der Waals surface area contributed by atoms with Crippen molar-refractivity contribution in [2.24, 2.45) is 0 Å². The van der Waals surface area contributed by atoms with Gasteiger partial charge in [-0.3, -0.25) is 4.72 Å². The lowest BCUT2D eigenvalue weighted by atomic mass is 10.3. The molecule has 112 valence electrons. The molecule has 2 aromatic rings. The van der Waals surface area contributed by atoms with Crippen LogP contribution < -0.4 is 15.4 Å². The molecule has 0 saturated carbocycles. The van der Waals surface area contributed by atoms with Crippen LogP contribution in [-0.4, -0.2) is 27.5 Å². The number of halogens is 1. The number of pyridine rings is 1. The highest BCUT2D eigenvalue weighted by Crippen LogP contribution is 2.24. The Bertz CT molecular complexity index is 763. The summed E-state index contributed by atoms with van der Waals surface area (Å²) in [5.74, 6) is -0.0468. The molecule has 0 aliphatic carbocycles. The summed E-state index contributed by atoms with van der Waals surface area (Å²) in [5, 5.41) is 0. The maximum atomic E-state index is 12.4. The number of rotatable bonds is 4. The van der Waals surface area contributed by atoms with Crippen molar-refractivity contribution in [1.29, 1.82) is 0 Å². The third kappa shape index (κ3) is 3.64. The van der Waals surface area contributed by atoms with E-state index >= 15 is 0 Å². The maximum absolute atomic E-state index is 12.4. The van der Waals surface area contributed by atoms with Crippen LogP contribution in [0.25, 0.3) is 0 Å². The molecule has 1 aromatic heterocycles. The average Bonchev–Trinajstić information content (AvgIpc) is 2.41. The third-order valence-corrected chi connectivity index (χ3v) is 4.60. The van der Waals surface area contributed by atoms with Crippen molar-refractivity contribution < 1.29 is 8.42 Å². The van der Waals surface area contributed by atoms with Crippen LogP contribution in [0.4, 0.5) is 17.2 Å². The third-order valence-electron chi connectivity index (χ3n) is 2.75. The quantitative estimate of drug-likeness (QED) is 0.861. The van der Waals surface area contributed by atoms with E-state index in [1.165, 1.54) is 12.3 Å². The Hall–Kier alpha value is -1.80. The zero-order valence-corrected chi connectivity index (χ0v) is 13.9. The minimum absolute atomic E-state index is 0.0468. The molecule has 8 heteroatoms. The van der Waals surface area contributed by atoms with Crippen molar-refractivity contribution in [3.63, 3.8) is 0 Å². The molecule has 1 aromatic carbocycles. The van der Waals surface area contributed by atoms with E-state index in [1.54, 1.807) is 18.2 Å². The fraction of sp³-hybridized carbons (Fsp3) is 0.154. The highest BCUT2D eigenvalue weighted by atomic mass is 79.9. The Morgan fingerprint density at radius 2 is 2.00 bits per heavy atom. The van der Waals surface area contributed by atoms with Gasteiger partial charge in [0, 0.05) is 30.5 Å². The number of nitrogen functional groups attached to an aromatic ring is 1. The highest BCUT2D eigenvalue weighted by molar-refractivity contribution is 9.10. The smallest absolute Gasteiger partial charge is 0.265 e. The van der Waals surface area contributed by atoms with Gasteiger partial charge < -0.3 is 10.6 Å². The van der Waals surface area contributed by atoms with Crippen LogP contribution in [0.15, 0.2) is 45.9 Å². The summed E-state index contributed by atoms with van der Waals surface area (Å²) in [6, 6.07) is 8.48. The summed E-state index contributed by atoms with van der Waals surface area (Å²) < 4.78 is 27.8. The number of hydrogen-bond acceptors (Lipinski definition) is 5. The Kier molecular flexibility index (Phi) is 4.38. The molecule has 0 radical (unpaired) electrons. The number of sulfonamides is 1. The van der Waals surface area contributed by atoms with Gasteiger partial charge in [0.15, 0.2) is 0 Å². The van der Waals surface area contributed by atoms with E-state index in [2.05, 4.69) is 25.6 Å². The summed E-state index contributed by atoms with van der Waals surface area (Å²) in [6.07, 6.45) is 1.45. The molecule has 0 bridgehead atoms. The number of aromatic nitrogens is 1. The van der Waals surface area contributed by atoms with Gasteiger partial charge in [0.1, 0.15) is 10.7 Å². The molecule has 0 aliphatic rings.